The number of alkyl halides is 3. The third-order valence-corrected chi connectivity index (χ3v) is 14.1. The number of pyridine rings is 1. The molecule has 4 atom stereocenters. The van der Waals surface area contributed by atoms with Crippen LogP contribution in [-0.2, 0) is 21.1 Å². The van der Waals surface area contributed by atoms with Gasteiger partial charge in [-0.15, -0.1) is 0 Å². The van der Waals surface area contributed by atoms with E-state index in [1.807, 2.05) is 46.0 Å². The molecule has 0 radical (unpaired) electrons. The van der Waals surface area contributed by atoms with Crippen molar-refractivity contribution in [2.45, 2.75) is 101 Å². The van der Waals surface area contributed by atoms with E-state index in [0.717, 1.165) is 18.4 Å². The lowest BCUT2D eigenvalue weighted by Gasteiger charge is -2.38. The molecule has 0 saturated carbocycles. The molecule has 1 aliphatic heterocycles. The first-order valence-electron chi connectivity index (χ1n) is 14.6. The summed E-state index contributed by atoms with van der Waals surface area (Å²) in [6.07, 6.45) is -4.68. The summed E-state index contributed by atoms with van der Waals surface area (Å²) >= 11 is 0. The third kappa shape index (κ3) is 6.54. The summed E-state index contributed by atoms with van der Waals surface area (Å²) in [6.45, 7) is 14.3. The predicted molar refractivity (Wildman–Crippen MR) is 162 cm³/mol. The number of likely N-dealkylation sites (tertiary alicyclic amines) is 1. The lowest BCUT2D eigenvalue weighted by atomic mass is 9.83. The molecule has 0 spiro atoms. The van der Waals surface area contributed by atoms with Gasteiger partial charge >= 0.3 is 12.3 Å². The zero-order valence-corrected chi connectivity index (χ0v) is 27.1. The van der Waals surface area contributed by atoms with Crippen molar-refractivity contribution in [3.8, 4) is 0 Å². The average Bonchev–Trinajstić information content (AvgIpc) is 3.41. The minimum Gasteiger partial charge on any atom is -0.465 e. The first-order chi connectivity index (χ1) is 19.7. The second-order valence-corrected chi connectivity index (χ2v) is 18.6. The zero-order valence-electron chi connectivity index (χ0n) is 26.1. The number of nitrogens with one attached hydrogen (secondary N) is 1. The molecule has 1 aliphatic carbocycles. The van der Waals surface area contributed by atoms with Crippen molar-refractivity contribution in [3.63, 3.8) is 0 Å². The maximum atomic E-state index is 14.5. The minimum atomic E-state index is -4.84. The Labute approximate surface area is 252 Å². The van der Waals surface area contributed by atoms with Crippen LogP contribution in [0.3, 0.4) is 0 Å². The number of amides is 2. The van der Waals surface area contributed by atoms with Crippen LogP contribution < -0.4 is 5.32 Å². The summed E-state index contributed by atoms with van der Waals surface area (Å²) in [5.74, 6) is -0.944. The van der Waals surface area contributed by atoms with Gasteiger partial charge in [0.2, 0.25) is 5.91 Å². The molecule has 2 heterocycles. The molecule has 1 unspecified atom stereocenters. The third-order valence-electron chi connectivity index (χ3n) is 9.52. The van der Waals surface area contributed by atoms with Crippen LogP contribution >= 0.6 is 0 Å². The smallest absolute Gasteiger partial charge is 0.414 e. The predicted octanol–water partition coefficient (Wildman–Crippen LogP) is 6.60. The van der Waals surface area contributed by atoms with Crippen LogP contribution in [0.4, 0.5) is 23.7 Å². The number of hydrogen-bond acceptors (Lipinski definition) is 5. The molecule has 8 nitrogen and oxygen atoms in total. The van der Waals surface area contributed by atoms with Crippen LogP contribution in [-0.4, -0.2) is 78.2 Å². The number of hydrogen-bond donors (Lipinski definition) is 2. The van der Waals surface area contributed by atoms with Crippen LogP contribution in [0.15, 0.2) is 42.6 Å². The van der Waals surface area contributed by atoms with Gasteiger partial charge in [-0.25, -0.2) is 4.79 Å². The van der Waals surface area contributed by atoms with Gasteiger partial charge in [-0.05, 0) is 47.8 Å². The number of likely N-dealkylation sites (N-methyl/N-ethyl adjacent to an activating group) is 1. The Morgan fingerprint density at radius 1 is 1.16 bits per heavy atom. The van der Waals surface area contributed by atoms with Crippen molar-refractivity contribution >= 4 is 26.0 Å². The second-order valence-electron chi connectivity index (χ2n) is 13.8. The highest BCUT2D eigenvalue weighted by Crippen LogP contribution is 2.42. The number of carboxylic acid groups (broad SMARTS) is 1. The highest BCUT2D eigenvalue weighted by atomic mass is 28.4. The van der Waals surface area contributed by atoms with Crippen molar-refractivity contribution < 1.29 is 32.3 Å². The van der Waals surface area contributed by atoms with E-state index in [4.69, 9.17) is 4.43 Å². The molecule has 1 aromatic heterocycles. The number of benzene rings is 1. The zero-order chi connectivity index (χ0) is 32.1. The molecule has 43 heavy (non-hydrogen) atoms. The minimum absolute atomic E-state index is 0.0115. The fraction of sp³-hybridized carbons (Fsp3) is 0.581. The largest absolute Gasteiger partial charge is 0.465 e. The molecule has 2 aliphatic rings. The van der Waals surface area contributed by atoms with E-state index in [-0.39, 0.29) is 35.2 Å². The summed E-state index contributed by atoms with van der Waals surface area (Å²) in [4.78, 5) is 31.2. The number of nitrogens with zero attached hydrogens (tertiary/aromatic N) is 3. The van der Waals surface area contributed by atoms with Crippen LogP contribution in [0, 0.1) is 0 Å². The average molecular weight is 621 g/mol. The van der Waals surface area contributed by atoms with E-state index >= 15 is 0 Å². The van der Waals surface area contributed by atoms with E-state index in [1.165, 1.54) is 23.4 Å². The van der Waals surface area contributed by atoms with Gasteiger partial charge < -0.3 is 19.7 Å². The normalized spacial score (nSPS) is 22.7. The van der Waals surface area contributed by atoms with E-state index in [9.17, 15) is 27.9 Å². The highest BCUT2D eigenvalue weighted by Gasteiger charge is 2.51. The molecule has 1 fully saturated rings. The fourth-order valence-electron chi connectivity index (χ4n) is 5.94. The topological polar surface area (TPSA) is 95.0 Å². The molecule has 0 bridgehead atoms. The number of carbonyl (C=O) groups is 2. The molecule has 2 N–H and O–H groups in total. The molecule has 12 heteroatoms. The van der Waals surface area contributed by atoms with Crippen molar-refractivity contribution in [2.24, 2.45) is 0 Å². The van der Waals surface area contributed by atoms with Gasteiger partial charge in [0.25, 0.3) is 0 Å². The first-order valence-corrected chi connectivity index (χ1v) is 17.5. The Kier molecular flexibility index (Phi) is 8.71. The standard InChI is InChI=1S/C31H43F3N4O4Si/c1-29(2,3)43(7,8)42-21-16-24(38(18-21)28(40)41)27(39)37(6)26(31(32,33)34)23-14-13-20(17-35-23)36-25-15-19-11-9-10-12-22(19)30(25,4)5/h9-14,17,21,24-26,36H,15-16,18H2,1-8H3,(H,40,41)/t21-,24+,25?,26+/m1/s1. The molecule has 236 valence electrons. The number of anilines is 1. The van der Waals surface area contributed by atoms with Crippen LogP contribution in [0.5, 0.6) is 0 Å². The monoisotopic (exact) mass is 620 g/mol. The fourth-order valence-corrected chi connectivity index (χ4v) is 7.30. The SMILES string of the molecule is CN(C(=O)[C@@H]1C[C@@H](O[Si](C)(C)C(C)(C)C)CN1C(=O)O)[C@@H](c1ccc(NC2Cc3ccccc3C2(C)C)cn1)C(F)(F)F. The van der Waals surface area contributed by atoms with Crippen molar-refractivity contribution in [3.05, 3.63) is 59.4 Å². The van der Waals surface area contributed by atoms with Gasteiger partial charge in [0.05, 0.1) is 23.7 Å². The van der Waals surface area contributed by atoms with Crippen molar-refractivity contribution in [1.82, 2.24) is 14.8 Å². The van der Waals surface area contributed by atoms with Gasteiger partial charge in [0, 0.05) is 31.5 Å². The summed E-state index contributed by atoms with van der Waals surface area (Å²) in [6, 6.07) is 7.35. The van der Waals surface area contributed by atoms with Crippen LogP contribution in [0.2, 0.25) is 18.1 Å². The number of halogens is 3. The molecule has 4 rings (SSSR count). The van der Waals surface area contributed by atoms with E-state index in [2.05, 4.69) is 36.3 Å². The lowest BCUT2D eigenvalue weighted by molar-refractivity contribution is -0.191. The number of fused-ring (bicyclic) bond motifs is 1. The quantitative estimate of drug-likeness (QED) is 0.339. The number of carbonyl (C=O) groups excluding carboxylic acids is 1. The van der Waals surface area contributed by atoms with Crippen molar-refractivity contribution in [1.29, 1.82) is 0 Å². The van der Waals surface area contributed by atoms with E-state index < -0.39 is 44.7 Å². The Morgan fingerprint density at radius 2 is 1.81 bits per heavy atom. The summed E-state index contributed by atoms with van der Waals surface area (Å²) in [5, 5.41) is 13.1. The second kappa shape index (κ2) is 11.4. The van der Waals surface area contributed by atoms with E-state index in [1.54, 1.807) is 6.07 Å². The Balaban J connectivity index is 1.52. The highest BCUT2D eigenvalue weighted by molar-refractivity contribution is 6.74. The molecule has 2 amide bonds. The van der Waals surface area contributed by atoms with Gasteiger partial charge in [-0.3, -0.25) is 14.7 Å². The maximum absolute atomic E-state index is 14.5. The van der Waals surface area contributed by atoms with Gasteiger partial charge in [-0.1, -0.05) is 58.9 Å². The first kappa shape index (κ1) is 32.8. The molecule has 1 saturated heterocycles. The summed E-state index contributed by atoms with van der Waals surface area (Å²) in [7, 11) is -1.27. The van der Waals surface area contributed by atoms with Crippen LogP contribution in [0.1, 0.15) is 63.9 Å². The Bertz CT molecular complexity index is 1340. The van der Waals surface area contributed by atoms with Crippen LogP contribution in [0.25, 0.3) is 0 Å². The summed E-state index contributed by atoms with van der Waals surface area (Å²) in [5.41, 5.74) is 2.49. The van der Waals surface area contributed by atoms with Gasteiger partial charge in [0.1, 0.15) is 6.04 Å². The summed E-state index contributed by atoms with van der Waals surface area (Å²) < 4.78 is 49.8. The van der Waals surface area contributed by atoms with E-state index in [0.29, 0.717) is 10.6 Å². The molecule has 1 aromatic carbocycles. The Hall–Kier alpha value is -3.12. The molecule has 2 aromatic rings. The Morgan fingerprint density at radius 3 is 2.35 bits per heavy atom. The van der Waals surface area contributed by atoms with Gasteiger partial charge in [0.15, 0.2) is 14.4 Å². The molecular formula is C31H43F3N4O4Si. The molecular weight excluding hydrogens is 577 g/mol. The number of rotatable bonds is 7. The lowest BCUT2D eigenvalue weighted by Crippen LogP contribution is -2.49. The van der Waals surface area contributed by atoms with Crippen molar-refractivity contribution in [2.75, 3.05) is 18.9 Å². The maximum Gasteiger partial charge on any atom is 0.414 e. The van der Waals surface area contributed by atoms with Gasteiger partial charge in [-0.2, -0.15) is 13.2 Å². The number of aromatic nitrogens is 1.